The van der Waals surface area contributed by atoms with Crippen molar-refractivity contribution in [2.45, 2.75) is 64.1 Å². The topological polar surface area (TPSA) is 49.4 Å². The Morgan fingerprint density at radius 3 is 2.67 bits per heavy atom. The Balaban J connectivity index is 1.73. The zero-order valence-corrected chi connectivity index (χ0v) is 11.2. The van der Waals surface area contributed by atoms with Crippen LogP contribution in [-0.2, 0) is 9.59 Å². The van der Waals surface area contributed by atoms with Gasteiger partial charge in [0.2, 0.25) is 11.8 Å². The van der Waals surface area contributed by atoms with Crippen molar-refractivity contribution in [2.75, 3.05) is 0 Å². The first kappa shape index (κ1) is 12.0. The molecule has 3 fully saturated rings. The molecule has 1 saturated heterocycles. The van der Waals surface area contributed by atoms with Crippen molar-refractivity contribution >= 4 is 11.8 Å². The van der Waals surface area contributed by atoms with Crippen molar-refractivity contribution in [3.05, 3.63) is 0 Å². The molecular formula is C14H22N2O2. The van der Waals surface area contributed by atoms with Gasteiger partial charge < -0.3 is 10.2 Å². The monoisotopic (exact) mass is 250 g/mol. The minimum atomic E-state index is -0.278. The fourth-order valence-corrected chi connectivity index (χ4v) is 3.27. The molecule has 2 amide bonds. The number of carbonyl (C=O) groups excluding carboxylic acids is 2. The van der Waals surface area contributed by atoms with E-state index < -0.39 is 0 Å². The Bertz CT molecular complexity index is 378. The van der Waals surface area contributed by atoms with E-state index in [-0.39, 0.29) is 23.9 Å². The van der Waals surface area contributed by atoms with Gasteiger partial charge in [0.05, 0.1) is 0 Å². The molecule has 3 rings (SSSR count). The first-order chi connectivity index (χ1) is 8.63. The van der Waals surface area contributed by atoms with Crippen LogP contribution in [-0.4, -0.2) is 34.8 Å². The summed E-state index contributed by atoms with van der Waals surface area (Å²) in [5.74, 6) is 1.24. The molecule has 0 spiro atoms. The molecule has 2 saturated carbocycles. The molecule has 4 heteroatoms. The first-order valence-electron chi connectivity index (χ1n) is 7.26. The van der Waals surface area contributed by atoms with Crippen LogP contribution in [0.5, 0.6) is 0 Å². The number of hydrogen-bond donors (Lipinski definition) is 1. The molecule has 100 valence electrons. The van der Waals surface area contributed by atoms with Gasteiger partial charge >= 0.3 is 0 Å². The van der Waals surface area contributed by atoms with Crippen LogP contribution >= 0.6 is 0 Å². The van der Waals surface area contributed by atoms with Crippen molar-refractivity contribution in [1.29, 1.82) is 0 Å². The summed E-state index contributed by atoms with van der Waals surface area (Å²) in [6.07, 6.45) is 5.60. The summed E-state index contributed by atoms with van der Waals surface area (Å²) in [5, 5.41) is 2.91. The molecule has 0 aromatic heterocycles. The summed E-state index contributed by atoms with van der Waals surface area (Å²) in [5.41, 5.74) is 0. The van der Waals surface area contributed by atoms with Crippen molar-refractivity contribution in [3.8, 4) is 0 Å². The summed E-state index contributed by atoms with van der Waals surface area (Å²) in [4.78, 5) is 26.4. The van der Waals surface area contributed by atoms with Crippen molar-refractivity contribution in [3.63, 3.8) is 0 Å². The van der Waals surface area contributed by atoms with Gasteiger partial charge in [0.15, 0.2) is 0 Å². The molecule has 1 aliphatic heterocycles. The van der Waals surface area contributed by atoms with Crippen LogP contribution in [0, 0.1) is 11.8 Å². The van der Waals surface area contributed by atoms with Gasteiger partial charge in [-0.25, -0.2) is 0 Å². The van der Waals surface area contributed by atoms with Crippen LogP contribution in [0.1, 0.15) is 46.0 Å². The minimum absolute atomic E-state index is 0.0358. The molecule has 3 aliphatic rings. The van der Waals surface area contributed by atoms with E-state index in [1.807, 2.05) is 11.8 Å². The minimum Gasteiger partial charge on any atom is -0.342 e. The predicted octanol–water partition coefficient (Wildman–Crippen LogP) is 1.30. The fourth-order valence-electron chi connectivity index (χ4n) is 3.27. The quantitative estimate of drug-likeness (QED) is 0.817. The first-order valence-corrected chi connectivity index (χ1v) is 7.26. The smallest absolute Gasteiger partial charge is 0.246 e. The van der Waals surface area contributed by atoms with Gasteiger partial charge in [-0.05, 0) is 44.4 Å². The molecule has 4 unspecified atom stereocenters. The average molecular weight is 250 g/mol. The van der Waals surface area contributed by atoms with E-state index in [0.717, 1.165) is 25.7 Å². The predicted molar refractivity (Wildman–Crippen MR) is 67.8 cm³/mol. The Morgan fingerprint density at radius 1 is 1.33 bits per heavy atom. The molecule has 1 N–H and O–H groups in total. The molecule has 4 nitrogen and oxygen atoms in total. The van der Waals surface area contributed by atoms with Gasteiger partial charge in [-0.1, -0.05) is 13.3 Å². The van der Waals surface area contributed by atoms with Gasteiger partial charge in [-0.15, -0.1) is 0 Å². The van der Waals surface area contributed by atoms with Crippen molar-refractivity contribution in [2.24, 2.45) is 11.8 Å². The van der Waals surface area contributed by atoms with E-state index in [0.29, 0.717) is 17.9 Å². The van der Waals surface area contributed by atoms with Crippen LogP contribution in [0.25, 0.3) is 0 Å². The number of nitrogens with one attached hydrogen (secondary N) is 1. The van der Waals surface area contributed by atoms with Crippen LogP contribution in [0.3, 0.4) is 0 Å². The summed E-state index contributed by atoms with van der Waals surface area (Å²) < 4.78 is 0. The fraction of sp³-hybridized carbons (Fsp3) is 0.857. The van der Waals surface area contributed by atoms with Gasteiger partial charge in [0.25, 0.3) is 0 Å². The molecular weight excluding hydrogens is 228 g/mol. The van der Waals surface area contributed by atoms with E-state index in [1.54, 1.807) is 0 Å². The Morgan fingerprint density at radius 2 is 2.06 bits per heavy atom. The van der Waals surface area contributed by atoms with Gasteiger partial charge in [0, 0.05) is 6.04 Å². The van der Waals surface area contributed by atoms with Crippen LogP contribution in [0.15, 0.2) is 0 Å². The van der Waals surface area contributed by atoms with Gasteiger partial charge in [-0.2, -0.15) is 0 Å². The number of carbonyl (C=O) groups is 2. The number of nitrogens with zero attached hydrogens (tertiary/aromatic N) is 1. The standard InChI is InChI=1S/C14H22N2O2/c1-3-4-10-7-11(10)16-8(2)13(17)15-12(14(16)18)9-5-6-9/h8-12H,3-7H2,1-2H3,(H,15,17). The van der Waals surface area contributed by atoms with Crippen molar-refractivity contribution < 1.29 is 9.59 Å². The lowest BCUT2D eigenvalue weighted by Crippen LogP contribution is -2.63. The molecule has 0 radical (unpaired) electrons. The highest BCUT2D eigenvalue weighted by Crippen LogP contribution is 2.43. The zero-order valence-electron chi connectivity index (χ0n) is 11.2. The lowest BCUT2D eigenvalue weighted by Gasteiger charge is -2.38. The third-order valence-electron chi connectivity index (χ3n) is 4.61. The highest BCUT2D eigenvalue weighted by molar-refractivity contribution is 5.97. The SMILES string of the molecule is CCCC1CC1N1C(=O)C(C2CC2)NC(=O)C1C. The third kappa shape index (κ3) is 1.91. The number of hydrogen-bond acceptors (Lipinski definition) is 2. The lowest BCUT2D eigenvalue weighted by atomic mass is 10.0. The van der Waals surface area contributed by atoms with Crippen LogP contribution in [0.2, 0.25) is 0 Å². The lowest BCUT2D eigenvalue weighted by molar-refractivity contribution is -0.150. The maximum atomic E-state index is 12.5. The maximum Gasteiger partial charge on any atom is 0.246 e. The normalized spacial score (nSPS) is 39.8. The molecule has 1 heterocycles. The molecule has 4 atom stereocenters. The molecule has 18 heavy (non-hydrogen) atoms. The maximum absolute atomic E-state index is 12.5. The summed E-state index contributed by atoms with van der Waals surface area (Å²) >= 11 is 0. The molecule has 0 aromatic carbocycles. The zero-order chi connectivity index (χ0) is 12.9. The Labute approximate surface area is 108 Å². The number of amides is 2. The van der Waals surface area contributed by atoms with Gasteiger partial charge in [0.1, 0.15) is 12.1 Å². The van der Waals surface area contributed by atoms with E-state index in [9.17, 15) is 9.59 Å². The van der Waals surface area contributed by atoms with E-state index in [1.165, 1.54) is 6.42 Å². The van der Waals surface area contributed by atoms with Crippen LogP contribution < -0.4 is 5.32 Å². The second kappa shape index (κ2) is 4.25. The largest absolute Gasteiger partial charge is 0.342 e. The van der Waals surface area contributed by atoms with E-state index in [4.69, 9.17) is 0 Å². The second-order valence-electron chi connectivity index (χ2n) is 6.10. The molecule has 0 bridgehead atoms. The van der Waals surface area contributed by atoms with Crippen LogP contribution in [0.4, 0.5) is 0 Å². The summed E-state index contributed by atoms with van der Waals surface area (Å²) in [7, 11) is 0. The number of rotatable bonds is 4. The summed E-state index contributed by atoms with van der Waals surface area (Å²) in [6.45, 7) is 4.04. The summed E-state index contributed by atoms with van der Waals surface area (Å²) in [6, 6.07) is -0.171. The number of piperazine rings is 1. The van der Waals surface area contributed by atoms with E-state index in [2.05, 4.69) is 12.2 Å². The highest BCUT2D eigenvalue weighted by atomic mass is 16.2. The highest BCUT2D eigenvalue weighted by Gasteiger charge is 2.52. The molecule has 0 aromatic rings. The second-order valence-corrected chi connectivity index (χ2v) is 6.10. The van der Waals surface area contributed by atoms with Gasteiger partial charge in [-0.3, -0.25) is 9.59 Å². The Kier molecular flexibility index (Phi) is 2.83. The molecule has 2 aliphatic carbocycles. The van der Waals surface area contributed by atoms with E-state index >= 15 is 0 Å². The third-order valence-corrected chi connectivity index (χ3v) is 4.61. The Hall–Kier alpha value is -1.06. The average Bonchev–Trinajstić information content (AvgIpc) is 3.19. The van der Waals surface area contributed by atoms with Crippen molar-refractivity contribution in [1.82, 2.24) is 10.2 Å².